The van der Waals surface area contributed by atoms with E-state index in [1.165, 1.54) is 71.6 Å². The molecule has 10 aromatic rings. The first-order valence-corrected chi connectivity index (χ1v) is 18.6. The Hall–Kier alpha value is -7.10. The van der Waals surface area contributed by atoms with Gasteiger partial charge >= 0.3 is 0 Å². The maximum atomic E-state index is 5.48. The van der Waals surface area contributed by atoms with Crippen molar-refractivity contribution >= 4 is 32.6 Å². The Kier molecular flexibility index (Phi) is 5.98. The largest absolute Gasteiger partial charge is 0.293 e. The Morgan fingerprint density at radius 3 is 1.63 bits per heavy atom. The first-order valence-electron chi connectivity index (χ1n) is 18.6. The zero-order valence-corrected chi connectivity index (χ0v) is 29.2. The minimum absolute atomic E-state index is 0.551. The first-order chi connectivity index (χ1) is 26.8. The van der Waals surface area contributed by atoms with E-state index in [1.54, 1.807) is 0 Å². The van der Waals surface area contributed by atoms with Crippen LogP contribution >= 0.6 is 0 Å². The third kappa shape index (κ3) is 3.75. The lowest BCUT2D eigenvalue weighted by Crippen LogP contribution is -2.26. The Morgan fingerprint density at radius 2 is 0.944 bits per heavy atom. The van der Waals surface area contributed by atoms with Crippen molar-refractivity contribution in [2.75, 3.05) is 0 Å². The van der Waals surface area contributed by atoms with Gasteiger partial charge in [0, 0.05) is 33.5 Å². The summed E-state index contributed by atoms with van der Waals surface area (Å²) in [5.41, 5.74) is 15.1. The number of nitrogens with zero attached hydrogens (tertiary/aromatic N) is 3. The topological polar surface area (TPSA) is 30.7 Å². The van der Waals surface area contributed by atoms with Crippen LogP contribution in [0.4, 0.5) is 0 Å². The van der Waals surface area contributed by atoms with Crippen LogP contribution in [-0.4, -0.2) is 14.5 Å². The molecule has 3 heteroatoms. The molecule has 54 heavy (non-hydrogen) atoms. The van der Waals surface area contributed by atoms with Gasteiger partial charge in [-0.1, -0.05) is 176 Å². The highest BCUT2D eigenvalue weighted by Crippen LogP contribution is 2.66. The van der Waals surface area contributed by atoms with E-state index in [0.717, 1.165) is 28.2 Å². The van der Waals surface area contributed by atoms with E-state index < -0.39 is 5.41 Å². The van der Waals surface area contributed by atoms with Crippen LogP contribution < -0.4 is 0 Å². The highest BCUT2D eigenvalue weighted by Gasteiger charge is 2.53. The molecular weight excluding hydrogens is 655 g/mol. The molecule has 0 N–H and O–H groups in total. The number of hydrogen-bond acceptors (Lipinski definition) is 2. The lowest BCUT2D eigenvalue weighted by Gasteiger charge is -2.31. The van der Waals surface area contributed by atoms with E-state index in [2.05, 4.69) is 187 Å². The third-order valence-corrected chi connectivity index (χ3v) is 11.8. The van der Waals surface area contributed by atoms with Crippen LogP contribution in [0, 0.1) is 0 Å². The first kappa shape index (κ1) is 29.5. The van der Waals surface area contributed by atoms with E-state index in [4.69, 9.17) is 9.97 Å². The van der Waals surface area contributed by atoms with Gasteiger partial charge in [-0.05, 0) is 55.8 Å². The van der Waals surface area contributed by atoms with Gasteiger partial charge in [-0.25, -0.2) is 9.97 Å². The summed E-state index contributed by atoms with van der Waals surface area (Å²) < 4.78 is 2.45. The Bertz CT molecular complexity index is 3050. The van der Waals surface area contributed by atoms with Crippen molar-refractivity contribution in [2.24, 2.45) is 0 Å². The van der Waals surface area contributed by atoms with Crippen molar-refractivity contribution in [2.45, 2.75) is 5.41 Å². The van der Waals surface area contributed by atoms with Crippen molar-refractivity contribution in [1.29, 1.82) is 0 Å². The fourth-order valence-corrected chi connectivity index (χ4v) is 9.78. The summed E-state index contributed by atoms with van der Waals surface area (Å²) in [7, 11) is 0. The Labute approximate surface area is 312 Å². The highest BCUT2D eigenvalue weighted by atomic mass is 15.1. The Morgan fingerprint density at radius 1 is 0.426 bits per heavy atom. The lowest BCUT2D eigenvalue weighted by molar-refractivity contribution is 0.797. The summed E-state index contributed by atoms with van der Waals surface area (Å²) in [6.45, 7) is 0. The number of para-hydroxylation sites is 1. The van der Waals surface area contributed by atoms with Crippen molar-refractivity contribution in [3.05, 3.63) is 210 Å². The zero-order valence-electron chi connectivity index (χ0n) is 29.2. The van der Waals surface area contributed by atoms with Gasteiger partial charge < -0.3 is 0 Å². The van der Waals surface area contributed by atoms with Gasteiger partial charge in [0.05, 0.1) is 22.1 Å². The molecule has 2 heterocycles. The third-order valence-electron chi connectivity index (χ3n) is 11.8. The van der Waals surface area contributed by atoms with Gasteiger partial charge in [0.2, 0.25) is 0 Å². The molecule has 0 fully saturated rings. The predicted molar refractivity (Wildman–Crippen MR) is 221 cm³/mol. The lowest BCUT2D eigenvalue weighted by atomic mass is 9.70. The molecule has 0 atom stereocenters. The number of rotatable bonds is 3. The second-order valence-electron chi connectivity index (χ2n) is 14.4. The molecule has 0 saturated heterocycles. The molecule has 2 aliphatic rings. The van der Waals surface area contributed by atoms with Crippen LogP contribution in [-0.2, 0) is 5.41 Å². The smallest absolute Gasteiger partial charge is 0.162 e. The molecule has 0 bridgehead atoms. The minimum Gasteiger partial charge on any atom is -0.293 e. The maximum absolute atomic E-state index is 5.48. The summed E-state index contributed by atoms with van der Waals surface area (Å²) in [5, 5.41) is 4.97. The second kappa shape index (κ2) is 11.0. The van der Waals surface area contributed by atoms with Gasteiger partial charge in [-0.15, -0.1) is 0 Å². The van der Waals surface area contributed by atoms with Crippen molar-refractivity contribution < 1.29 is 0 Å². The summed E-state index contributed by atoms with van der Waals surface area (Å²) >= 11 is 0. The maximum Gasteiger partial charge on any atom is 0.162 e. The molecule has 12 rings (SSSR count). The second-order valence-corrected chi connectivity index (χ2v) is 14.4. The normalized spacial score (nSPS) is 13.3. The van der Waals surface area contributed by atoms with E-state index in [-0.39, 0.29) is 0 Å². The molecule has 8 aromatic carbocycles. The average Bonchev–Trinajstić information content (AvgIpc) is 3.87. The van der Waals surface area contributed by atoms with Crippen LogP contribution in [0.5, 0.6) is 0 Å². The zero-order chi connectivity index (χ0) is 35.4. The van der Waals surface area contributed by atoms with Gasteiger partial charge in [-0.3, -0.25) is 4.57 Å². The summed E-state index contributed by atoms with van der Waals surface area (Å²) in [4.78, 5) is 10.7. The average molecular weight is 686 g/mol. The summed E-state index contributed by atoms with van der Waals surface area (Å²) in [5.74, 6) is 1.54. The fourth-order valence-electron chi connectivity index (χ4n) is 9.78. The Balaban J connectivity index is 1.34. The molecule has 2 aromatic heterocycles. The summed E-state index contributed by atoms with van der Waals surface area (Å²) in [6.07, 6.45) is 0. The molecule has 0 aliphatic heterocycles. The van der Waals surface area contributed by atoms with E-state index >= 15 is 0 Å². The van der Waals surface area contributed by atoms with Crippen LogP contribution in [0.2, 0.25) is 0 Å². The molecule has 250 valence electrons. The molecule has 0 saturated carbocycles. The van der Waals surface area contributed by atoms with Gasteiger partial charge in [0.1, 0.15) is 5.82 Å². The van der Waals surface area contributed by atoms with E-state index in [0.29, 0.717) is 5.82 Å². The standard InChI is InChI=1S/C51H31N3/c1-3-17-32(18-4-1)43-31-45(53-50(52-43)33-19-5-2-6-20-33)54-44-30-16-12-26-39(44)47-37-24-8-7-23-36(37)46-38-25-11-15-29-42(38)51(48(46)49(47)54)40-27-13-9-21-34(40)35-22-10-14-28-41(35)51/h1-31H. The van der Waals surface area contributed by atoms with E-state index in [1.807, 2.05) is 6.07 Å². The predicted octanol–water partition coefficient (Wildman–Crippen LogP) is 12.4. The minimum atomic E-state index is -0.551. The highest BCUT2D eigenvalue weighted by molar-refractivity contribution is 6.27. The molecule has 0 amide bonds. The van der Waals surface area contributed by atoms with Crippen molar-refractivity contribution in [1.82, 2.24) is 14.5 Å². The van der Waals surface area contributed by atoms with Crippen LogP contribution in [0.15, 0.2) is 188 Å². The van der Waals surface area contributed by atoms with Gasteiger partial charge in [0.15, 0.2) is 5.82 Å². The number of aromatic nitrogens is 3. The molecule has 1 spiro atoms. The monoisotopic (exact) mass is 685 g/mol. The van der Waals surface area contributed by atoms with Crippen LogP contribution in [0.1, 0.15) is 22.3 Å². The molecular formula is C51H31N3. The molecule has 2 aliphatic carbocycles. The van der Waals surface area contributed by atoms with Crippen molar-refractivity contribution in [3.63, 3.8) is 0 Å². The van der Waals surface area contributed by atoms with Crippen LogP contribution in [0.25, 0.3) is 83.3 Å². The molecule has 3 nitrogen and oxygen atoms in total. The SMILES string of the molecule is c1ccc(-c2cc(-n3c4ccccc4c4c5ccccc5c5c(c43)C3(c4ccccc4-c4ccccc43)c3ccccc3-5)nc(-c3ccccc3)n2)cc1. The summed E-state index contributed by atoms with van der Waals surface area (Å²) in [6, 6.07) is 68.2. The van der Waals surface area contributed by atoms with Gasteiger partial charge in [0.25, 0.3) is 0 Å². The number of benzene rings is 8. The quantitative estimate of drug-likeness (QED) is 0.185. The van der Waals surface area contributed by atoms with Crippen molar-refractivity contribution in [3.8, 4) is 50.7 Å². The number of fused-ring (bicyclic) bond motifs is 17. The number of hydrogen-bond donors (Lipinski definition) is 0. The van der Waals surface area contributed by atoms with Gasteiger partial charge in [-0.2, -0.15) is 0 Å². The molecule has 0 unspecified atom stereocenters. The fraction of sp³-hybridized carbons (Fsp3) is 0.0196. The van der Waals surface area contributed by atoms with E-state index in [9.17, 15) is 0 Å². The van der Waals surface area contributed by atoms with Crippen LogP contribution in [0.3, 0.4) is 0 Å². The molecule has 0 radical (unpaired) electrons.